The molecule has 0 saturated heterocycles. The third kappa shape index (κ3) is 4.19. The van der Waals surface area contributed by atoms with Crippen LogP contribution in [0.3, 0.4) is 0 Å². The maximum atomic E-state index is 12.5. The number of para-hydroxylation sites is 1. The molecule has 0 aliphatic rings. The van der Waals surface area contributed by atoms with Gasteiger partial charge in [0.05, 0.1) is 5.69 Å². The molecule has 19 heavy (non-hydrogen) atoms. The number of benzene rings is 1. The summed E-state index contributed by atoms with van der Waals surface area (Å²) in [7, 11) is 3.87. The van der Waals surface area contributed by atoms with Crippen molar-refractivity contribution in [1.29, 1.82) is 0 Å². The third-order valence-electron chi connectivity index (χ3n) is 2.92. The van der Waals surface area contributed by atoms with Crippen LogP contribution in [0.5, 0.6) is 0 Å². The van der Waals surface area contributed by atoms with E-state index in [9.17, 15) is 8.42 Å². The fraction of sp³-hybridized carbons (Fsp3) is 0.538. The summed E-state index contributed by atoms with van der Waals surface area (Å²) < 4.78 is 26.3. The minimum Gasteiger partial charge on any atom is -0.387 e. The van der Waals surface area contributed by atoms with Gasteiger partial charge in [-0.2, -0.15) is 0 Å². The number of nitrogens with one attached hydrogen (secondary N) is 1. The second-order valence-corrected chi connectivity index (χ2v) is 6.74. The Balaban J connectivity index is 2.85. The first-order valence-corrected chi connectivity index (χ1v) is 7.71. The van der Waals surface area contributed by atoms with Gasteiger partial charge in [0.2, 0.25) is 10.0 Å². The van der Waals surface area contributed by atoms with Gasteiger partial charge < -0.3 is 10.2 Å². The summed E-state index contributed by atoms with van der Waals surface area (Å²) >= 11 is 0. The molecule has 0 aliphatic carbocycles. The second kappa shape index (κ2) is 6.88. The summed E-state index contributed by atoms with van der Waals surface area (Å²) in [6.45, 7) is 1.38. The van der Waals surface area contributed by atoms with Crippen LogP contribution in [0.4, 0.5) is 5.69 Å². The van der Waals surface area contributed by atoms with Gasteiger partial charge in [-0.3, -0.25) is 0 Å². The molecular weight excluding hydrogens is 262 g/mol. The highest BCUT2D eigenvalue weighted by Gasteiger charge is 2.22. The van der Waals surface area contributed by atoms with Crippen molar-refractivity contribution < 1.29 is 8.42 Å². The predicted octanol–water partition coefficient (Wildman–Crippen LogP) is 1.30. The normalized spacial score (nSPS) is 12.1. The summed E-state index contributed by atoms with van der Waals surface area (Å²) in [5.74, 6) is 0. The van der Waals surface area contributed by atoms with Crippen LogP contribution in [0.25, 0.3) is 0 Å². The molecule has 108 valence electrons. The first-order chi connectivity index (χ1) is 8.89. The molecule has 0 fully saturated rings. The van der Waals surface area contributed by atoms with Crippen molar-refractivity contribution in [3.63, 3.8) is 0 Å². The van der Waals surface area contributed by atoms with E-state index in [1.807, 2.05) is 25.1 Å². The Bertz CT molecular complexity index is 500. The van der Waals surface area contributed by atoms with Crippen LogP contribution in [0.2, 0.25) is 0 Å². The quantitative estimate of drug-likeness (QED) is 0.820. The highest BCUT2D eigenvalue weighted by molar-refractivity contribution is 7.89. The average Bonchev–Trinajstić information content (AvgIpc) is 2.38. The first kappa shape index (κ1) is 15.9. The van der Waals surface area contributed by atoms with E-state index >= 15 is 0 Å². The molecule has 0 spiro atoms. The van der Waals surface area contributed by atoms with Gasteiger partial charge in [0.1, 0.15) is 4.90 Å². The second-order valence-electron chi connectivity index (χ2n) is 4.73. The molecule has 0 radical (unpaired) electrons. The molecule has 0 bridgehead atoms. The zero-order valence-electron chi connectivity index (χ0n) is 12.0. The van der Waals surface area contributed by atoms with Gasteiger partial charge in [0.15, 0.2) is 0 Å². The van der Waals surface area contributed by atoms with Crippen LogP contribution in [0.15, 0.2) is 29.2 Å². The fourth-order valence-electron chi connectivity index (χ4n) is 1.80. The maximum Gasteiger partial charge on any atom is 0.244 e. The SMILES string of the molecule is CNc1ccccc1S(=O)(=O)N(C)CCCN(C)C. The van der Waals surface area contributed by atoms with E-state index in [4.69, 9.17) is 0 Å². The highest BCUT2D eigenvalue weighted by Crippen LogP contribution is 2.23. The van der Waals surface area contributed by atoms with E-state index in [0.717, 1.165) is 13.0 Å². The van der Waals surface area contributed by atoms with Crippen molar-refractivity contribution in [2.24, 2.45) is 0 Å². The van der Waals surface area contributed by atoms with E-state index in [0.29, 0.717) is 17.1 Å². The third-order valence-corrected chi connectivity index (χ3v) is 4.84. The number of rotatable bonds is 7. The fourth-order valence-corrected chi connectivity index (χ4v) is 3.20. The smallest absolute Gasteiger partial charge is 0.244 e. The summed E-state index contributed by atoms with van der Waals surface area (Å²) in [5, 5.41) is 2.92. The minimum absolute atomic E-state index is 0.324. The number of sulfonamides is 1. The summed E-state index contributed by atoms with van der Waals surface area (Å²) in [5.41, 5.74) is 0.627. The number of nitrogens with zero attached hydrogens (tertiary/aromatic N) is 2. The van der Waals surface area contributed by atoms with E-state index in [1.165, 1.54) is 4.31 Å². The number of anilines is 1. The lowest BCUT2D eigenvalue weighted by Crippen LogP contribution is -2.30. The number of hydrogen-bond acceptors (Lipinski definition) is 4. The van der Waals surface area contributed by atoms with Gasteiger partial charge in [-0.1, -0.05) is 12.1 Å². The van der Waals surface area contributed by atoms with Crippen molar-refractivity contribution in [2.75, 3.05) is 46.6 Å². The zero-order chi connectivity index (χ0) is 14.5. The van der Waals surface area contributed by atoms with Gasteiger partial charge in [0.25, 0.3) is 0 Å². The van der Waals surface area contributed by atoms with Gasteiger partial charge in [-0.15, -0.1) is 0 Å². The molecule has 1 aromatic carbocycles. The topological polar surface area (TPSA) is 52.7 Å². The van der Waals surface area contributed by atoms with E-state index in [1.54, 1.807) is 32.3 Å². The van der Waals surface area contributed by atoms with Crippen molar-refractivity contribution in [3.8, 4) is 0 Å². The van der Waals surface area contributed by atoms with Crippen LogP contribution >= 0.6 is 0 Å². The monoisotopic (exact) mass is 285 g/mol. The Morgan fingerprint density at radius 3 is 2.32 bits per heavy atom. The van der Waals surface area contributed by atoms with E-state index in [-0.39, 0.29) is 0 Å². The average molecular weight is 285 g/mol. The Labute approximate surface area is 116 Å². The maximum absolute atomic E-state index is 12.5. The highest BCUT2D eigenvalue weighted by atomic mass is 32.2. The molecule has 0 saturated carbocycles. The summed E-state index contributed by atoms with van der Waals surface area (Å²) in [6.07, 6.45) is 0.810. The van der Waals surface area contributed by atoms with Crippen LogP contribution in [0.1, 0.15) is 6.42 Å². The summed E-state index contributed by atoms with van der Waals surface area (Å²) in [4.78, 5) is 2.37. The zero-order valence-corrected chi connectivity index (χ0v) is 12.9. The molecule has 1 N–H and O–H groups in total. The standard InChI is InChI=1S/C13H23N3O2S/c1-14-12-8-5-6-9-13(12)19(17,18)16(4)11-7-10-15(2)3/h5-6,8-9,14H,7,10-11H2,1-4H3. The molecule has 1 aromatic rings. The molecule has 1 rings (SSSR count). The molecule has 0 aromatic heterocycles. The first-order valence-electron chi connectivity index (χ1n) is 6.27. The van der Waals surface area contributed by atoms with Gasteiger partial charge in [-0.25, -0.2) is 12.7 Å². The molecular formula is C13H23N3O2S. The summed E-state index contributed by atoms with van der Waals surface area (Å²) in [6, 6.07) is 6.95. The van der Waals surface area contributed by atoms with Gasteiger partial charge in [0, 0.05) is 20.6 Å². The Kier molecular flexibility index (Phi) is 5.78. The van der Waals surface area contributed by atoms with Crippen LogP contribution in [-0.4, -0.2) is 58.9 Å². The molecule has 0 aliphatic heterocycles. The van der Waals surface area contributed by atoms with Crippen molar-refractivity contribution in [3.05, 3.63) is 24.3 Å². The Hall–Kier alpha value is -1.11. The largest absolute Gasteiger partial charge is 0.387 e. The van der Waals surface area contributed by atoms with E-state index in [2.05, 4.69) is 5.32 Å². The molecule has 5 nitrogen and oxygen atoms in total. The molecule has 6 heteroatoms. The predicted molar refractivity (Wildman–Crippen MR) is 79.0 cm³/mol. The Morgan fingerprint density at radius 2 is 1.74 bits per heavy atom. The molecule has 0 unspecified atom stereocenters. The van der Waals surface area contributed by atoms with Gasteiger partial charge in [-0.05, 0) is 39.2 Å². The van der Waals surface area contributed by atoms with E-state index < -0.39 is 10.0 Å². The molecule has 0 amide bonds. The van der Waals surface area contributed by atoms with Crippen molar-refractivity contribution in [1.82, 2.24) is 9.21 Å². The minimum atomic E-state index is -3.43. The van der Waals surface area contributed by atoms with Crippen LogP contribution < -0.4 is 5.32 Å². The number of hydrogen-bond donors (Lipinski definition) is 1. The lowest BCUT2D eigenvalue weighted by Gasteiger charge is -2.20. The van der Waals surface area contributed by atoms with Crippen LogP contribution in [-0.2, 0) is 10.0 Å². The van der Waals surface area contributed by atoms with Crippen LogP contribution in [0, 0.1) is 0 Å². The van der Waals surface area contributed by atoms with Gasteiger partial charge >= 0.3 is 0 Å². The van der Waals surface area contributed by atoms with Crippen molar-refractivity contribution >= 4 is 15.7 Å². The lowest BCUT2D eigenvalue weighted by atomic mass is 10.3. The molecule has 0 atom stereocenters. The Morgan fingerprint density at radius 1 is 1.11 bits per heavy atom. The molecule has 0 heterocycles. The lowest BCUT2D eigenvalue weighted by molar-refractivity contribution is 0.370. The van der Waals surface area contributed by atoms with Crippen molar-refractivity contribution in [2.45, 2.75) is 11.3 Å².